The molecule has 0 aliphatic carbocycles. The van der Waals surface area contributed by atoms with Crippen LogP contribution in [0.1, 0.15) is 50.7 Å². The fraction of sp³-hybridized carbons (Fsp3) is 0.579. The molecule has 0 aromatic heterocycles. The first-order valence-electron chi connectivity index (χ1n) is 8.39. The monoisotopic (exact) mass is 317 g/mol. The van der Waals surface area contributed by atoms with Crippen molar-refractivity contribution >= 4 is 11.9 Å². The third-order valence-corrected chi connectivity index (χ3v) is 4.93. The van der Waals surface area contributed by atoms with Crippen molar-refractivity contribution in [1.29, 1.82) is 0 Å². The average molecular weight is 317 g/mol. The minimum Gasteiger partial charge on any atom is -0.481 e. The summed E-state index contributed by atoms with van der Waals surface area (Å²) in [6.07, 6.45) is 2.82. The molecule has 1 atom stereocenters. The van der Waals surface area contributed by atoms with Gasteiger partial charge in [0.1, 0.15) is 0 Å². The number of carboxylic acid groups (broad SMARTS) is 1. The number of piperidine rings is 1. The van der Waals surface area contributed by atoms with E-state index in [1.54, 1.807) is 0 Å². The molecule has 0 saturated carbocycles. The number of aryl methyl sites for hydroxylation is 1. The van der Waals surface area contributed by atoms with E-state index in [0.717, 1.165) is 30.5 Å². The summed E-state index contributed by atoms with van der Waals surface area (Å²) in [4.78, 5) is 25.8. The number of hydrogen-bond donors (Lipinski definition) is 1. The van der Waals surface area contributed by atoms with Crippen molar-refractivity contribution in [2.75, 3.05) is 13.1 Å². The maximum Gasteiger partial charge on any atom is 0.303 e. The minimum atomic E-state index is -0.756. The van der Waals surface area contributed by atoms with Crippen LogP contribution >= 0.6 is 0 Å². The molecule has 1 aliphatic rings. The molecule has 1 N–H and O–H groups in total. The van der Waals surface area contributed by atoms with Crippen LogP contribution in [0.15, 0.2) is 24.3 Å². The van der Waals surface area contributed by atoms with Gasteiger partial charge in [-0.1, -0.05) is 24.3 Å². The average Bonchev–Trinajstić information content (AvgIpc) is 2.52. The molecule has 1 heterocycles. The van der Waals surface area contributed by atoms with Gasteiger partial charge < -0.3 is 10.0 Å². The van der Waals surface area contributed by atoms with Crippen LogP contribution in [0.3, 0.4) is 0 Å². The number of nitrogens with zero attached hydrogens (tertiary/aromatic N) is 1. The highest BCUT2D eigenvalue weighted by Crippen LogP contribution is 2.31. The molecule has 4 heteroatoms. The van der Waals surface area contributed by atoms with E-state index >= 15 is 0 Å². The Morgan fingerprint density at radius 2 is 2.00 bits per heavy atom. The second-order valence-electron chi connectivity index (χ2n) is 7.13. The summed E-state index contributed by atoms with van der Waals surface area (Å²) in [5.74, 6) is -0.308. The molecular formula is C19H27NO3. The third kappa shape index (κ3) is 4.12. The van der Waals surface area contributed by atoms with E-state index in [-0.39, 0.29) is 12.3 Å². The highest BCUT2D eigenvalue weighted by Gasteiger charge is 2.36. The van der Waals surface area contributed by atoms with E-state index in [1.807, 2.05) is 49.9 Å². The minimum absolute atomic E-state index is 0.145. The topological polar surface area (TPSA) is 57.6 Å². The van der Waals surface area contributed by atoms with Crippen LogP contribution in [0, 0.1) is 12.8 Å². The standard InChI is InChI=1S/C19H27NO3/c1-14-7-4-5-9-16(14)19(2,3)18(23)20-12-6-8-15(13-20)10-11-17(21)22/h4-5,7,9,15H,6,8,10-13H2,1-3H3,(H,21,22). The van der Waals surface area contributed by atoms with Gasteiger partial charge in [0.05, 0.1) is 5.41 Å². The summed E-state index contributed by atoms with van der Waals surface area (Å²) in [6, 6.07) is 8.03. The summed E-state index contributed by atoms with van der Waals surface area (Å²) in [7, 11) is 0. The van der Waals surface area contributed by atoms with E-state index in [1.165, 1.54) is 0 Å². The predicted octanol–water partition coefficient (Wildman–Crippen LogP) is 3.38. The van der Waals surface area contributed by atoms with E-state index < -0.39 is 11.4 Å². The molecule has 1 aliphatic heterocycles. The first-order valence-corrected chi connectivity index (χ1v) is 8.39. The van der Waals surface area contributed by atoms with Crippen molar-refractivity contribution in [1.82, 2.24) is 4.90 Å². The molecule has 4 nitrogen and oxygen atoms in total. The van der Waals surface area contributed by atoms with Gasteiger partial charge in [-0.2, -0.15) is 0 Å². The molecule has 0 radical (unpaired) electrons. The number of amides is 1. The summed E-state index contributed by atoms with van der Waals surface area (Å²) >= 11 is 0. The van der Waals surface area contributed by atoms with Gasteiger partial charge in [-0.25, -0.2) is 0 Å². The lowest BCUT2D eigenvalue weighted by molar-refractivity contribution is -0.138. The van der Waals surface area contributed by atoms with Crippen LogP contribution in [0.2, 0.25) is 0 Å². The number of aliphatic carboxylic acids is 1. The van der Waals surface area contributed by atoms with Crippen molar-refractivity contribution in [3.63, 3.8) is 0 Å². The van der Waals surface area contributed by atoms with Crippen molar-refractivity contribution in [3.05, 3.63) is 35.4 Å². The molecule has 0 spiro atoms. The number of hydrogen-bond acceptors (Lipinski definition) is 2. The predicted molar refractivity (Wildman–Crippen MR) is 90.4 cm³/mol. The van der Waals surface area contributed by atoms with Gasteiger partial charge in [0, 0.05) is 19.5 Å². The van der Waals surface area contributed by atoms with Gasteiger partial charge in [-0.3, -0.25) is 9.59 Å². The Hall–Kier alpha value is -1.84. The maximum atomic E-state index is 13.1. The number of carbonyl (C=O) groups excluding carboxylic acids is 1. The van der Waals surface area contributed by atoms with Crippen molar-refractivity contribution in [2.45, 2.75) is 51.9 Å². The van der Waals surface area contributed by atoms with E-state index in [2.05, 4.69) is 0 Å². The van der Waals surface area contributed by atoms with Crippen molar-refractivity contribution in [3.8, 4) is 0 Å². The summed E-state index contributed by atoms with van der Waals surface area (Å²) < 4.78 is 0. The molecule has 1 fully saturated rings. The molecular weight excluding hydrogens is 290 g/mol. The van der Waals surface area contributed by atoms with Gasteiger partial charge in [-0.05, 0) is 57.1 Å². The molecule has 1 aromatic rings. The Bertz CT molecular complexity index is 580. The fourth-order valence-electron chi connectivity index (χ4n) is 3.60. The van der Waals surface area contributed by atoms with E-state index in [0.29, 0.717) is 18.9 Å². The second-order valence-corrected chi connectivity index (χ2v) is 7.13. The normalized spacial score (nSPS) is 18.7. The fourth-order valence-corrected chi connectivity index (χ4v) is 3.60. The highest BCUT2D eigenvalue weighted by atomic mass is 16.4. The number of carbonyl (C=O) groups is 2. The number of likely N-dealkylation sites (tertiary alicyclic amines) is 1. The smallest absolute Gasteiger partial charge is 0.303 e. The lowest BCUT2D eigenvalue weighted by atomic mass is 9.80. The van der Waals surface area contributed by atoms with Gasteiger partial charge in [0.25, 0.3) is 0 Å². The van der Waals surface area contributed by atoms with Gasteiger partial charge in [-0.15, -0.1) is 0 Å². The van der Waals surface area contributed by atoms with Gasteiger partial charge in [0.2, 0.25) is 5.91 Å². The Kier molecular flexibility index (Phi) is 5.45. The summed E-state index contributed by atoms with van der Waals surface area (Å²) in [5.41, 5.74) is 1.64. The maximum absolute atomic E-state index is 13.1. The number of benzene rings is 1. The molecule has 1 aromatic carbocycles. The molecule has 23 heavy (non-hydrogen) atoms. The van der Waals surface area contributed by atoms with Gasteiger partial charge >= 0.3 is 5.97 Å². The molecule has 126 valence electrons. The molecule has 1 amide bonds. The van der Waals surface area contributed by atoms with Crippen LogP contribution in [-0.2, 0) is 15.0 Å². The summed E-state index contributed by atoms with van der Waals surface area (Å²) in [5, 5.41) is 8.85. The lowest BCUT2D eigenvalue weighted by Gasteiger charge is -2.38. The van der Waals surface area contributed by atoms with E-state index in [9.17, 15) is 9.59 Å². The quantitative estimate of drug-likeness (QED) is 0.906. The Balaban J connectivity index is 2.09. The van der Waals surface area contributed by atoms with Crippen LogP contribution in [0.5, 0.6) is 0 Å². The summed E-state index contributed by atoms with van der Waals surface area (Å²) in [6.45, 7) is 7.46. The molecule has 2 rings (SSSR count). The Labute approximate surface area is 138 Å². The van der Waals surface area contributed by atoms with Crippen LogP contribution in [-0.4, -0.2) is 35.0 Å². The molecule has 1 saturated heterocycles. The van der Waals surface area contributed by atoms with Crippen LogP contribution in [0.4, 0.5) is 0 Å². The first kappa shape index (κ1) is 17.5. The van der Waals surface area contributed by atoms with Crippen LogP contribution < -0.4 is 0 Å². The second kappa shape index (κ2) is 7.16. The zero-order chi connectivity index (χ0) is 17.0. The van der Waals surface area contributed by atoms with Gasteiger partial charge in [0.15, 0.2) is 0 Å². The molecule has 0 bridgehead atoms. The Morgan fingerprint density at radius 1 is 1.30 bits per heavy atom. The number of rotatable bonds is 5. The first-order chi connectivity index (χ1) is 10.8. The highest BCUT2D eigenvalue weighted by molar-refractivity contribution is 5.88. The zero-order valence-corrected chi connectivity index (χ0v) is 14.3. The largest absolute Gasteiger partial charge is 0.481 e. The van der Waals surface area contributed by atoms with Crippen LogP contribution in [0.25, 0.3) is 0 Å². The number of carboxylic acids is 1. The third-order valence-electron chi connectivity index (χ3n) is 4.93. The molecule has 1 unspecified atom stereocenters. The lowest BCUT2D eigenvalue weighted by Crippen LogP contribution is -2.48. The SMILES string of the molecule is Cc1ccccc1C(C)(C)C(=O)N1CCCC(CCC(=O)O)C1. The zero-order valence-electron chi connectivity index (χ0n) is 14.3. The Morgan fingerprint density at radius 3 is 2.65 bits per heavy atom. The van der Waals surface area contributed by atoms with E-state index in [4.69, 9.17) is 5.11 Å². The van der Waals surface area contributed by atoms with Crippen molar-refractivity contribution < 1.29 is 14.7 Å². The van der Waals surface area contributed by atoms with Crippen molar-refractivity contribution in [2.24, 2.45) is 5.92 Å².